The number of rotatable bonds is 3. The molecule has 14 heavy (non-hydrogen) atoms. The van der Waals surface area contributed by atoms with Crippen molar-refractivity contribution in [3.63, 3.8) is 0 Å². The second-order valence-corrected chi connectivity index (χ2v) is 3.42. The lowest BCUT2D eigenvalue weighted by molar-refractivity contribution is -0.375. The van der Waals surface area contributed by atoms with Crippen molar-refractivity contribution in [1.82, 2.24) is 0 Å². The van der Waals surface area contributed by atoms with Gasteiger partial charge in [-0.15, -0.1) is 0 Å². The maximum atomic E-state index is 10.8. The molecule has 0 fully saturated rings. The molecule has 0 atom stereocenters. The van der Waals surface area contributed by atoms with Crippen molar-refractivity contribution in [3.8, 4) is 0 Å². The van der Waals surface area contributed by atoms with E-state index in [0.29, 0.717) is 5.56 Å². The van der Waals surface area contributed by atoms with Gasteiger partial charge in [-0.2, -0.15) is 0 Å². The lowest BCUT2D eigenvalue weighted by atomic mass is 10.1. The highest BCUT2D eigenvalue weighted by Crippen LogP contribution is 2.16. The Labute approximate surface area is 83.2 Å². The van der Waals surface area contributed by atoms with E-state index in [1.807, 2.05) is 19.9 Å². The minimum absolute atomic E-state index is 0.176. The molecule has 0 N–H and O–H groups in total. The van der Waals surface area contributed by atoms with Crippen LogP contribution >= 0.6 is 0 Å². The molecule has 0 amide bonds. The normalized spacial score (nSPS) is 11.8. The molecule has 3 heteroatoms. The van der Waals surface area contributed by atoms with E-state index in [1.54, 1.807) is 30.3 Å². The predicted molar refractivity (Wildman–Crippen MR) is 56.3 cm³/mol. The van der Waals surface area contributed by atoms with Crippen LogP contribution in [0.3, 0.4) is 0 Å². The summed E-state index contributed by atoms with van der Waals surface area (Å²) in [5, 5.41) is 10.8. The van der Waals surface area contributed by atoms with Gasteiger partial charge in [-0.25, -0.2) is 0 Å². The van der Waals surface area contributed by atoms with Gasteiger partial charge in [-0.1, -0.05) is 32.0 Å². The van der Waals surface area contributed by atoms with Crippen molar-refractivity contribution >= 4 is 5.70 Å². The summed E-state index contributed by atoms with van der Waals surface area (Å²) in [5.41, 5.74) is 0.840. The summed E-state index contributed by atoms with van der Waals surface area (Å²) < 4.78 is 0. The first-order valence-corrected chi connectivity index (χ1v) is 4.53. The fraction of sp³-hybridized carbons (Fsp3) is 0.273. The number of nitrogens with zero attached hydrogens (tertiary/aromatic N) is 1. The zero-order valence-corrected chi connectivity index (χ0v) is 8.31. The average Bonchev–Trinajstić information content (AvgIpc) is 2.15. The summed E-state index contributed by atoms with van der Waals surface area (Å²) in [6.45, 7) is 3.85. The molecule has 0 radical (unpaired) electrons. The molecule has 1 aromatic carbocycles. The average molecular weight is 191 g/mol. The van der Waals surface area contributed by atoms with E-state index in [9.17, 15) is 10.1 Å². The molecule has 1 aromatic rings. The van der Waals surface area contributed by atoms with Gasteiger partial charge < -0.3 is 0 Å². The van der Waals surface area contributed by atoms with Gasteiger partial charge in [-0.3, -0.25) is 10.1 Å². The van der Waals surface area contributed by atoms with Gasteiger partial charge in [0.25, 0.3) is 5.70 Å². The van der Waals surface area contributed by atoms with E-state index in [-0.39, 0.29) is 16.5 Å². The highest BCUT2D eigenvalue weighted by molar-refractivity contribution is 5.58. The lowest BCUT2D eigenvalue weighted by Gasteiger charge is -2.00. The molecule has 0 aliphatic rings. The Morgan fingerprint density at radius 2 is 1.93 bits per heavy atom. The number of hydrogen-bond acceptors (Lipinski definition) is 2. The number of hydrogen-bond donors (Lipinski definition) is 0. The van der Waals surface area contributed by atoms with Crippen molar-refractivity contribution in [3.05, 3.63) is 52.1 Å². The third-order valence-corrected chi connectivity index (χ3v) is 1.76. The van der Waals surface area contributed by atoms with E-state index in [2.05, 4.69) is 0 Å². The van der Waals surface area contributed by atoms with E-state index in [0.717, 1.165) is 0 Å². The van der Waals surface area contributed by atoms with Gasteiger partial charge in [0.2, 0.25) is 0 Å². The van der Waals surface area contributed by atoms with Gasteiger partial charge in [0.05, 0.1) is 10.5 Å². The first kappa shape index (κ1) is 10.4. The van der Waals surface area contributed by atoms with Crippen LogP contribution in [0.1, 0.15) is 19.4 Å². The van der Waals surface area contributed by atoms with Gasteiger partial charge in [0.1, 0.15) is 0 Å². The quantitative estimate of drug-likeness (QED) is 0.544. The third-order valence-electron chi connectivity index (χ3n) is 1.76. The molecular weight excluding hydrogens is 178 g/mol. The van der Waals surface area contributed by atoms with Gasteiger partial charge in [-0.05, 0) is 24.1 Å². The van der Waals surface area contributed by atoms with E-state index in [1.165, 1.54) is 0 Å². The molecule has 0 aliphatic carbocycles. The van der Waals surface area contributed by atoms with Gasteiger partial charge in [0.15, 0.2) is 0 Å². The molecule has 0 heterocycles. The van der Waals surface area contributed by atoms with Crippen molar-refractivity contribution in [1.29, 1.82) is 0 Å². The highest BCUT2D eigenvalue weighted by atomic mass is 16.6. The summed E-state index contributed by atoms with van der Waals surface area (Å²) >= 11 is 0. The van der Waals surface area contributed by atoms with Crippen LogP contribution in [0.5, 0.6) is 0 Å². The molecule has 0 aliphatic heterocycles. The van der Waals surface area contributed by atoms with Crippen molar-refractivity contribution < 1.29 is 4.92 Å². The topological polar surface area (TPSA) is 43.1 Å². The van der Waals surface area contributed by atoms with Gasteiger partial charge >= 0.3 is 0 Å². The predicted octanol–water partition coefficient (Wildman–Crippen LogP) is 2.96. The molecule has 74 valence electrons. The monoisotopic (exact) mass is 191 g/mol. The van der Waals surface area contributed by atoms with Crippen LogP contribution in [-0.2, 0) is 0 Å². The summed E-state index contributed by atoms with van der Waals surface area (Å²) in [6, 6.07) is 8.93. The molecular formula is C11H13NO2. The standard InChI is InChI=1S/C11H13NO2/c1-9(2)8-11(12(13)14)10-6-4-3-5-7-10/h3-9H,1-2H3. The minimum atomic E-state index is -0.338. The Hall–Kier alpha value is -1.64. The minimum Gasteiger partial charge on any atom is -0.258 e. The Balaban J connectivity index is 3.08. The fourth-order valence-electron chi connectivity index (χ4n) is 1.19. The summed E-state index contributed by atoms with van der Waals surface area (Å²) in [7, 11) is 0. The maximum absolute atomic E-state index is 10.8. The first-order chi connectivity index (χ1) is 6.61. The Morgan fingerprint density at radius 3 is 2.36 bits per heavy atom. The summed E-state index contributed by atoms with van der Waals surface area (Å²) in [5.74, 6) is 0.176. The van der Waals surface area contributed by atoms with Crippen molar-refractivity contribution in [2.24, 2.45) is 5.92 Å². The molecule has 0 spiro atoms. The Kier molecular flexibility index (Phi) is 3.40. The molecule has 0 saturated heterocycles. The summed E-state index contributed by atoms with van der Waals surface area (Å²) in [4.78, 5) is 10.4. The maximum Gasteiger partial charge on any atom is 0.272 e. The lowest BCUT2D eigenvalue weighted by Crippen LogP contribution is -1.99. The number of allylic oxidation sites excluding steroid dienone is 1. The van der Waals surface area contributed by atoms with Gasteiger partial charge in [0, 0.05) is 0 Å². The Morgan fingerprint density at radius 1 is 1.36 bits per heavy atom. The van der Waals surface area contributed by atoms with Crippen LogP contribution in [0.2, 0.25) is 0 Å². The SMILES string of the molecule is CC(C)C=C(c1ccccc1)[N+](=O)[O-]. The van der Waals surface area contributed by atoms with Crippen LogP contribution in [0.25, 0.3) is 5.70 Å². The van der Waals surface area contributed by atoms with Crippen LogP contribution in [0, 0.1) is 16.0 Å². The van der Waals surface area contributed by atoms with E-state index < -0.39 is 0 Å². The highest BCUT2D eigenvalue weighted by Gasteiger charge is 2.13. The van der Waals surface area contributed by atoms with Crippen molar-refractivity contribution in [2.45, 2.75) is 13.8 Å². The molecule has 0 aromatic heterocycles. The van der Waals surface area contributed by atoms with Crippen LogP contribution in [0.4, 0.5) is 0 Å². The zero-order chi connectivity index (χ0) is 10.6. The Bertz CT molecular complexity index is 342. The van der Waals surface area contributed by atoms with Crippen molar-refractivity contribution in [2.75, 3.05) is 0 Å². The van der Waals surface area contributed by atoms with Crippen LogP contribution in [0.15, 0.2) is 36.4 Å². The van der Waals surface area contributed by atoms with E-state index >= 15 is 0 Å². The second-order valence-electron chi connectivity index (χ2n) is 3.42. The first-order valence-electron chi connectivity index (χ1n) is 4.53. The molecule has 1 rings (SSSR count). The molecule has 3 nitrogen and oxygen atoms in total. The molecule has 0 unspecified atom stereocenters. The zero-order valence-electron chi connectivity index (χ0n) is 8.31. The largest absolute Gasteiger partial charge is 0.272 e. The second kappa shape index (κ2) is 4.56. The summed E-state index contributed by atoms with van der Waals surface area (Å²) in [6.07, 6.45) is 1.66. The smallest absolute Gasteiger partial charge is 0.258 e. The molecule has 0 bridgehead atoms. The third kappa shape index (κ3) is 2.69. The fourth-order valence-corrected chi connectivity index (χ4v) is 1.19. The number of benzene rings is 1. The van der Waals surface area contributed by atoms with E-state index in [4.69, 9.17) is 0 Å². The van der Waals surface area contributed by atoms with Crippen LogP contribution in [-0.4, -0.2) is 4.92 Å². The van der Waals surface area contributed by atoms with Crippen LogP contribution < -0.4 is 0 Å². The molecule has 0 saturated carbocycles. The number of nitro groups is 1.